The van der Waals surface area contributed by atoms with Gasteiger partial charge in [0, 0.05) is 28.8 Å². The molecule has 0 radical (unpaired) electrons. The first-order chi connectivity index (χ1) is 6.74. The highest BCUT2D eigenvalue weighted by Crippen LogP contribution is 2.18. The number of anilines is 1. The number of unbranched alkanes of at least 4 members (excludes halogenated alkanes) is 1. The molecule has 0 saturated carbocycles. The zero-order valence-electron chi connectivity index (χ0n) is 7.76. The van der Waals surface area contributed by atoms with E-state index in [9.17, 15) is 0 Å². The van der Waals surface area contributed by atoms with E-state index in [4.69, 9.17) is 10.8 Å². The fraction of sp³-hybridized carbons (Fsp3) is 0.273. The number of benzene rings is 1. The summed E-state index contributed by atoms with van der Waals surface area (Å²) in [7, 11) is 0. The molecule has 0 aromatic heterocycles. The predicted molar refractivity (Wildman–Crippen MR) is 61.8 cm³/mol. The molecule has 0 unspecified atom stereocenters. The fourth-order valence-corrected chi connectivity index (χ4v) is 1.31. The highest BCUT2D eigenvalue weighted by Gasteiger charge is 1.95. The third-order valence-corrected chi connectivity index (χ3v) is 2.36. The minimum Gasteiger partial charge on any atom is -0.399 e. The Balaban J connectivity index is 2.73. The van der Waals surface area contributed by atoms with Crippen LogP contribution < -0.4 is 5.73 Å². The van der Waals surface area contributed by atoms with Crippen molar-refractivity contribution < 1.29 is 5.11 Å². The van der Waals surface area contributed by atoms with Crippen LogP contribution in [0.5, 0.6) is 0 Å². The van der Waals surface area contributed by atoms with Gasteiger partial charge in [-0.2, -0.15) is 0 Å². The quantitative estimate of drug-likeness (QED) is 0.482. The molecule has 0 aliphatic rings. The molecule has 1 aromatic rings. The van der Waals surface area contributed by atoms with Crippen LogP contribution in [-0.2, 0) is 0 Å². The largest absolute Gasteiger partial charge is 0.399 e. The molecule has 0 amide bonds. The van der Waals surface area contributed by atoms with Crippen molar-refractivity contribution in [1.82, 2.24) is 0 Å². The molecule has 3 N–H and O–H groups in total. The van der Waals surface area contributed by atoms with E-state index in [0.29, 0.717) is 18.5 Å². The van der Waals surface area contributed by atoms with E-state index in [0.717, 1.165) is 10.0 Å². The summed E-state index contributed by atoms with van der Waals surface area (Å²) in [5.41, 5.74) is 7.23. The van der Waals surface area contributed by atoms with Crippen LogP contribution in [0.3, 0.4) is 0 Å². The van der Waals surface area contributed by atoms with Crippen LogP contribution in [0.25, 0.3) is 0 Å². The second-order valence-corrected chi connectivity index (χ2v) is 3.72. The van der Waals surface area contributed by atoms with Gasteiger partial charge in [-0.25, -0.2) is 0 Å². The van der Waals surface area contributed by atoms with Crippen molar-refractivity contribution in [3.63, 3.8) is 0 Å². The average molecular weight is 254 g/mol. The summed E-state index contributed by atoms with van der Waals surface area (Å²) < 4.78 is 0.947. The van der Waals surface area contributed by atoms with E-state index in [1.807, 2.05) is 18.2 Å². The van der Waals surface area contributed by atoms with Gasteiger partial charge in [0.2, 0.25) is 0 Å². The van der Waals surface area contributed by atoms with E-state index in [1.165, 1.54) is 0 Å². The Morgan fingerprint density at radius 1 is 1.43 bits per heavy atom. The average Bonchev–Trinajstić information content (AvgIpc) is 2.18. The van der Waals surface area contributed by atoms with Gasteiger partial charge < -0.3 is 10.8 Å². The van der Waals surface area contributed by atoms with Crippen LogP contribution in [0.1, 0.15) is 18.4 Å². The predicted octanol–water partition coefficient (Wildman–Crippen LogP) is 2.16. The molecule has 2 nitrogen and oxygen atoms in total. The molecule has 0 aliphatic heterocycles. The van der Waals surface area contributed by atoms with Gasteiger partial charge in [-0.1, -0.05) is 11.8 Å². The number of hydrogen-bond donors (Lipinski definition) is 2. The van der Waals surface area contributed by atoms with E-state index < -0.39 is 0 Å². The lowest BCUT2D eigenvalue weighted by Gasteiger charge is -1.97. The zero-order chi connectivity index (χ0) is 10.4. The first-order valence-electron chi connectivity index (χ1n) is 4.39. The van der Waals surface area contributed by atoms with Crippen molar-refractivity contribution in [2.45, 2.75) is 12.8 Å². The molecule has 0 saturated heterocycles. The molecule has 0 fully saturated rings. The van der Waals surface area contributed by atoms with Crippen molar-refractivity contribution in [3.8, 4) is 11.8 Å². The number of nitrogen functional groups attached to an aromatic ring is 1. The Bertz CT molecular complexity index is 365. The Hall–Kier alpha value is -0.980. The molecule has 0 aliphatic carbocycles. The first-order valence-corrected chi connectivity index (χ1v) is 5.18. The molecule has 1 rings (SSSR count). The van der Waals surface area contributed by atoms with Crippen molar-refractivity contribution in [1.29, 1.82) is 0 Å². The summed E-state index contributed by atoms with van der Waals surface area (Å²) in [4.78, 5) is 0. The highest BCUT2D eigenvalue weighted by molar-refractivity contribution is 9.10. The number of nitrogens with two attached hydrogens (primary N) is 1. The Kier molecular flexibility index (Phi) is 4.51. The van der Waals surface area contributed by atoms with E-state index >= 15 is 0 Å². The molecule has 1 aromatic carbocycles. The fourth-order valence-electron chi connectivity index (χ4n) is 0.964. The summed E-state index contributed by atoms with van der Waals surface area (Å²) in [6.45, 7) is 0.187. The third kappa shape index (κ3) is 3.41. The number of hydrogen-bond acceptors (Lipinski definition) is 2. The second-order valence-electron chi connectivity index (χ2n) is 2.87. The molecular weight excluding hydrogens is 242 g/mol. The summed E-state index contributed by atoms with van der Waals surface area (Å²) in [6, 6.07) is 5.53. The topological polar surface area (TPSA) is 46.2 Å². The van der Waals surface area contributed by atoms with Crippen LogP contribution in [0.15, 0.2) is 22.7 Å². The van der Waals surface area contributed by atoms with Gasteiger partial charge in [-0.3, -0.25) is 0 Å². The molecule has 3 heteroatoms. The summed E-state index contributed by atoms with van der Waals surface area (Å²) in [5.74, 6) is 5.98. The smallest absolute Gasteiger partial charge is 0.0440 e. The number of aliphatic hydroxyl groups is 1. The molecule has 0 spiro atoms. The molecule has 0 bridgehead atoms. The Morgan fingerprint density at radius 2 is 2.21 bits per heavy atom. The SMILES string of the molecule is Nc1ccc(Br)c(C#CCCCO)c1. The third-order valence-electron chi connectivity index (χ3n) is 1.67. The normalized spacial score (nSPS) is 9.29. The van der Waals surface area contributed by atoms with Gasteiger partial charge in [0.25, 0.3) is 0 Å². The molecule has 74 valence electrons. The number of halogens is 1. The van der Waals surface area contributed by atoms with Crippen LogP contribution in [0, 0.1) is 11.8 Å². The maximum atomic E-state index is 8.57. The molecule has 0 atom stereocenters. The van der Waals surface area contributed by atoms with Gasteiger partial charge in [0.1, 0.15) is 0 Å². The van der Waals surface area contributed by atoms with Gasteiger partial charge in [0.05, 0.1) is 0 Å². The summed E-state index contributed by atoms with van der Waals surface area (Å²) in [6.07, 6.45) is 1.42. The number of aliphatic hydroxyl groups excluding tert-OH is 1. The standard InChI is InChI=1S/C11H12BrNO/c12-11-6-5-10(13)8-9(11)4-2-1-3-7-14/h5-6,8,14H,1,3,7,13H2. The maximum absolute atomic E-state index is 8.57. The Labute approximate surface area is 92.3 Å². The monoisotopic (exact) mass is 253 g/mol. The zero-order valence-corrected chi connectivity index (χ0v) is 9.34. The molecular formula is C11H12BrNO. The van der Waals surface area contributed by atoms with Gasteiger partial charge in [-0.15, -0.1) is 0 Å². The van der Waals surface area contributed by atoms with Crippen molar-refractivity contribution in [2.24, 2.45) is 0 Å². The van der Waals surface area contributed by atoms with Gasteiger partial charge in [0.15, 0.2) is 0 Å². The van der Waals surface area contributed by atoms with E-state index in [1.54, 1.807) is 0 Å². The van der Waals surface area contributed by atoms with E-state index in [2.05, 4.69) is 27.8 Å². The highest BCUT2D eigenvalue weighted by atomic mass is 79.9. The lowest BCUT2D eigenvalue weighted by atomic mass is 10.2. The molecule has 0 heterocycles. The lowest BCUT2D eigenvalue weighted by Crippen LogP contribution is -1.86. The summed E-state index contributed by atoms with van der Waals surface area (Å²) in [5, 5.41) is 8.57. The van der Waals surface area contributed by atoms with Crippen LogP contribution in [-0.4, -0.2) is 11.7 Å². The summed E-state index contributed by atoms with van der Waals surface area (Å²) >= 11 is 3.39. The Morgan fingerprint density at radius 3 is 2.93 bits per heavy atom. The van der Waals surface area contributed by atoms with Crippen LogP contribution >= 0.6 is 15.9 Å². The molecule has 14 heavy (non-hydrogen) atoms. The lowest BCUT2D eigenvalue weighted by molar-refractivity contribution is 0.290. The minimum absolute atomic E-state index is 0.187. The maximum Gasteiger partial charge on any atom is 0.0440 e. The van der Waals surface area contributed by atoms with Crippen molar-refractivity contribution in [3.05, 3.63) is 28.2 Å². The van der Waals surface area contributed by atoms with Crippen molar-refractivity contribution >= 4 is 21.6 Å². The van der Waals surface area contributed by atoms with Gasteiger partial charge in [-0.05, 0) is 40.5 Å². The van der Waals surface area contributed by atoms with Gasteiger partial charge >= 0.3 is 0 Å². The second kappa shape index (κ2) is 5.69. The van der Waals surface area contributed by atoms with Crippen molar-refractivity contribution in [2.75, 3.05) is 12.3 Å². The first kappa shape index (κ1) is 11.1. The van der Waals surface area contributed by atoms with E-state index in [-0.39, 0.29) is 6.61 Å². The number of rotatable bonds is 2. The van der Waals surface area contributed by atoms with Crippen LogP contribution in [0.4, 0.5) is 5.69 Å². The minimum atomic E-state index is 0.187. The van der Waals surface area contributed by atoms with Crippen LogP contribution in [0.2, 0.25) is 0 Å².